The number of carbonyl (C=O) groups is 2. The largest absolute Gasteiger partial charge is 0.449 e. The van der Waals surface area contributed by atoms with Crippen molar-refractivity contribution in [2.75, 3.05) is 11.1 Å². The number of ether oxygens (including phenoxy) is 1. The number of non-ortho nitro benzene ring substituents is 1. The average molecular weight is 433 g/mol. The fourth-order valence-electron chi connectivity index (χ4n) is 1.98. The van der Waals surface area contributed by atoms with Crippen LogP contribution >= 0.6 is 34.8 Å². The second-order valence-corrected chi connectivity index (χ2v) is 6.53. The van der Waals surface area contributed by atoms with E-state index in [1.165, 1.54) is 19.1 Å². The molecule has 0 aromatic heterocycles. The molecule has 11 heteroatoms. The second kappa shape index (κ2) is 8.43. The predicted molar refractivity (Wildman–Crippen MR) is 102 cm³/mol. The van der Waals surface area contributed by atoms with E-state index in [2.05, 4.69) is 5.32 Å². The number of anilines is 2. The van der Waals surface area contributed by atoms with Crippen molar-refractivity contribution in [3.8, 4) is 0 Å². The summed E-state index contributed by atoms with van der Waals surface area (Å²) in [6, 6.07) is 5.99. The highest BCUT2D eigenvalue weighted by molar-refractivity contribution is 6.44. The van der Waals surface area contributed by atoms with Crippen LogP contribution in [0.4, 0.5) is 17.1 Å². The fourth-order valence-corrected chi connectivity index (χ4v) is 2.57. The van der Waals surface area contributed by atoms with E-state index < -0.39 is 22.9 Å². The Morgan fingerprint density at radius 3 is 2.37 bits per heavy atom. The van der Waals surface area contributed by atoms with Gasteiger partial charge in [-0.25, -0.2) is 4.79 Å². The van der Waals surface area contributed by atoms with Crippen molar-refractivity contribution in [1.29, 1.82) is 0 Å². The number of nitrogens with one attached hydrogen (secondary N) is 1. The van der Waals surface area contributed by atoms with Crippen LogP contribution in [0, 0.1) is 10.1 Å². The molecule has 1 amide bonds. The van der Waals surface area contributed by atoms with Crippen LogP contribution in [-0.4, -0.2) is 22.9 Å². The van der Waals surface area contributed by atoms with Gasteiger partial charge in [-0.05, 0) is 25.1 Å². The lowest BCUT2D eigenvalue weighted by atomic mass is 10.1. The molecule has 1 atom stereocenters. The molecule has 0 radical (unpaired) electrons. The molecule has 0 aliphatic carbocycles. The molecule has 27 heavy (non-hydrogen) atoms. The Kier molecular flexibility index (Phi) is 6.48. The number of rotatable bonds is 5. The monoisotopic (exact) mass is 431 g/mol. The van der Waals surface area contributed by atoms with E-state index >= 15 is 0 Å². The first-order valence-corrected chi connectivity index (χ1v) is 8.44. The molecule has 0 saturated heterocycles. The molecule has 2 aromatic carbocycles. The molecule has 8 nitrogen and oxygen atoms in total. The zero-order valence-corrected chi connectivity index (χ0v) is 15.9. The van der Waals surface area contributed by atoms with Crippen LogP contribution in [0.5, 0.6) is 0 Å². The van der Waals surface area contributed by atoms with Crippen LogP contribution in [0.25, 0.3) is 0 Å². The highest BCUT2D eigenvalue weighted by atomic mass is 35.5. The smallest absolute Gasteiger partial charge is 0.341 e. The Hall–Kier alpha value is -2.55. The number of nitro benzene ring substituents is 1. The topological polar surface area (TPSA) is 125 Å². The first kappa shape index (κ1) is 20.8. The molecule has 3 N–H and O–H groups in total. The molecule has 0 saturated carbocycles. The molecule has 0 bridgehead atoms. The highest BCUT2D eigenvalue weighted by Gasteiger charge is 2.22. The van der Waals surface area contributed by atoms with Crippen LogP contribution in [0.2, 0.25) is 15.1 Å². The zero-order chi connectivity index (χ0) is 20.3. The van der Waals surface area contributed by atoms with Gasteiger partial charge in [0.2, 0.25) is 0 Å². The van der Waals surface area contributed by atoms with Gasteiger partial charge in [-0.1, -0.05) is 34.8 Å². The molecule has 0 heterocycles. The van der Waals surface area contributed by atoms with Gasteiger partial charge in [-0.3, -0.25) is 14.9 Å². The number of halogens is 3. The van der Waals surface area contributed by atoms with Crippen molar-refractivity contribution in [3.05, 3.63) is 61.1 Å². The van der Waals surface area contributed by atoms with Crippen molar-refractivity contribution in [1.82, 2.24) is 0 Å². The summed E-state index contributed by atoms with van der Waals surface area (Å²) in [6.07, 6.45) is -1.21. The van der Waals surface area contributed by atoms with E-state index in [9.17, 15) is 19.7 Å². The Bertz CT molecular complexity index is 936. The molecule has 2 aromatic rings. The quantitative estimate of drug-likeness (QED) is 0.238. The minimum absolute atomic E-state index is 0.104. The Balaban J connectivity index is 2.09. The summed E-state index contributed by atoms with van der Waals surface area (Å²) < 4.78 is 5.04. The summed E-state index contributed by atoms with van der Waals surface area (Å²) in [5.74, 6) is -1.59. The maximum absolute atomic E-state index is 12.2. The third-order valence-electron chi connectivity index (χ3n) is 3.39. The number of nitrogens with zero attached hydrogens (tertiary/aromatic N) is 1. The molecule has 142 valence electrons. The van der Waals surface area contributed by atoms with Gasteiger partial charge in [0.25, 0.3) is 11.6 Å². The molecule has 0 aliphatic rings. The van der Waals surface area contributed by atoms with Crippen LogP contribution in [0.3, 0.4) is 0 Å². The van der Waals surface area contributed by atoms with E-state index in [-0.39, 0.29) is 37.7 Å². The number of hydrogen-bond acceptors (Lipinski definition) is 6. The lowest BCUT2D eigenvalue weighted by Gasteiger charge is -2.15. The lowest BCUT2D eigenvalue weighted by molar-refractivity contribution is -0.384. The van der Waals surface area contributed by atoms with Gasteiger partial charge in [0.05, 0.1) is 36.9 Å². The number of amides is 1. The average Bonchev–Trinajstić information content (AvgIpc) is 2.59. The van der Waals surface area contributed by atoms with Crippen LogP contribution in [0.15, 0.2) is 30.3 Å². The van der Waals surface area contributed by atoms with Crippen molar-refractivity contribution in [2.45, 2.75) is 13.0 Å². The first-order chi connectivity index (χ1) is 12.6. The van der Waals surface area contributed by atoms with Gasteiger partial charge in [0.1, 0.15) is 0 Å². The number of nitrogens with two attached hydrogens (primary N) is 1. The highest BCUT2D eigenvalue weighted by Crippen LogP contribution is 2.32. The molecular weight excluding hydrogens is 421 g/mol. The van der Waals surface area contributed by atoms with Crippen molar-refractivity contribution >= 4 is 63.7 Å². The van der Waals surface area contributed by atoms with E-state index in [0.29, 0.717) is 0 Å². The minimum atomic E-state index is -1.21. The zero-order valence-electron chi connectivity index (χ0n) is 13.7. The van der Waals surface area contributed by atoms with Crippen molar-refractivity contribution in [2.24, 2.45) is 0 Å². The van der Waals surface area contributed by atoms with E-state index in [0.717, 1.165) is 18.2 Å². The maximum Gasteiger partial charge on any atom is 0.341 e. The van der Waals surface area contributed by atoms with Gasteiger partial charge in [0, 0.05) is 12.1 Å². The van der Waals surface area contributed by atoms with E-state index in [4.69, 9.17) is 45.3 Å². The maximum atomic E-state index is 12.2. The summed E-state index contributed by atoms with van der Waals surface area (Å²) in [6.45, 7) is 1.33. The van der Waals surface area contributed by atoms with E-state index in [1.54, 1.807) is 0 Å². The number of esters is 1. The third-order valence-corrected chi connectivity index (χ3v) is 4.42. The molecule has 0 spiro atoms. The number of carbonyl (C=O) groups excluding carboxylic acids is 2. The third kappa shape index (κ3) is 5.00. The predicted octanol–water partition coefficient (Wildman–Crippen LogP) is 4.32. The van der Waals surface area contributed by atoms with Crippen molar-refractivity contribution < 1.29 is 19.2 Å². The SMILES string of the molecule is CC(OC(=O)c1ccc([N+](=O)[O-])cc1N)C(=O)Nc1cc(Cl)c(Cl)cc1Cl. The summed E-state index contributed by atoms with van der Waals surface area (Å²) in [5.41, 5.74) is 5.30. The number of nitrogen functional groups attached to an aromatic ring is 1. The van der Waals surface area contributed by atoms with Crippen LogP contribution < -0.4 is 11.1 Å². The number of nitro groups is 1. The standard InChI is InChI=1S/C16H12Cl3N3O5/c1-7(15(23)21-14-6-11(18)10(17)5-12(14)19)27-16(24)9-3-2-8(22(25)26)4-13(9)20/h2-7H,20H2,1H3,(H,21,23). The van der Waals surface area contributed by atoms with Gasteiger partial charge in [-0.15, -0.1) is 0 Å². The number of hydrogen-bond donors (Lipinski definition) is 2. The molecule has 1 unspecified atom stereocenters. The molecule has 0 aliphatic heterocycles. The summed E-state index contributed by atoms with van der Waals surface area (Å²) in [5, 5.41) is 13.7. The van der Waals surface area contributed by atoms with Crippen LogP contribution in [-0.2, 0) is 9.53 Å². The van der Waals surface area contributed by atoms with E-state index in [1.807, 2.05) is 0 Å². The normalized spacial score (nSPS) is 11.6. The fraction of sp³-hybridized carbons (Fsp3) is 0.125. The number of benzene rings is 2. The first-order valence-electron chi connectivity index (χ1n) is 7.30. The Morgan fingerprint density at radius 1 is 1.15 bits per heavy atom. The van der Waals surface area contributed by atoms with Crippen LogP contribution in [0.1, 0.15) is 17.3 Å². The second-order valence-electron chi connectivity index (χ2n) is 5.31. The summed E-state index contributed by atoms with van der Waals surface area (Å²) >= 11 is 17.7. The van der Waals surface area contributed by atoms with Gasteiger partial charge >= 0.3 is 5.97 Å². The van der Waals surface area contributed by atoms with Crippen molar-refractivity contribution in [3.63, 3.8) is 0 Å². The summed E-state index contributed by atoms with van der Waals surface area (Å²) in [7, 11) is 0. The molecule has 0 fully saturated rings. The Morgan fingerprint density at radius 2 is 1.78 bits per heavy atom. The Labute approximate surface area is 168 Å². The minimum Gasteiger partial charge on any atom is -0.449 e. The molecular formula is C16H12Cl3N3O5. The van der Waals surface area contributed by atoms with Gasteiger partial charge in [0.15, 0.2) is 6.10 Å². The molecule has 2 rings (SSSR count). The summed E-state index contributed by atoms with van der Waals surface area (Å²) in [4.78, 5) is 34.4. The lowest BCUT2D eigenvalue weighted by Crippen LogP contribution is -2.30. The van der Waals surface area contributed by atoms with Gasteiger partial charge in [-0.2, -0.15) is 0 Å². The van der Waals surface area contributed by atoms with Gasteiger partial charge < -0.3 is 15.8 Å².